The van der Waals surface area contributed by atoms with Gasteiger partial charge in [-0.3, -0.25) is 0 Å². The Kier molecular flexibility index (Phi) is 5.79. The number of rotatable bonds is 6. The number of benzene rings is 1. The van der Waals surface area contributed by atoms with Crippen molar-refractivity contribution < 1.29 is 4.74 Å². The van der Waals surface area contributed by atoms with Crippen LogP contribution in [0.5, 0.6) is 5.75 Å². The van der Waals surface area contributed by atoms with Gasteiger partial charge in [-0.1, -0.05) is 19.1 Å². The number of ether oxygens (including phenoxy) is 1. The zero-order valence-electron chi connectivity index (χ0n) is 10.4. The molecule has 1 aromatic carbocycles. The molecule has 1 aliphatic rings. The van der Waals surface area contributed by atoms with Crippen molar-refractivity contribution in [3.05, 3.63) is 29.8 Å². The fourth-order valence-corrected chi connectivity index (χ4v) is 1.67. The number of hydrogen-bond donors (Lipinski definition) is 1. The Morgan fingerprint density at radius 3 is 2.47 bits per heavy atom. The summed E-state index contributed by atoms with van der Waals surface area (Å²) in [6, 6.07) is 8.63. The Labute approximate surface area is 110 Å². The summed E-state index contributed by atoms with van der Waals surface area (Å²) in [5, 5.41) is 0. The second kappa shape index (κ2) is 6.87. The van der Waals surface area contributed by atoms with Crippen molar-refractivity contribution in [3.63, 3.8) is 0 Å². The van der Waals surface area contributed by atoms with Crippen molar-refractivity contribution in [3.8, 4) is 5.75 Å². The molecular weight excluding hydrogens is 234 g/mol. The Morgan fingerprint density at radius 2 is 1.94 bits per heavy atom. The van der Waals surface area contributed by atoms with Crippen LogP contribution in [0.15, 0.2) is 24.3 Å². The van der Waals surface area contributed by atoms with Crippen LogP contribution < -0.4 is 10.5 Å². The maximum absolute atomic E-state index is 5.92. The summed E-state index contributed by atoms with van der Waals surface area (Å²) < 4.78 is 5.68. The molecule has 1 saturated carbocycles. The van der Waals surface area contributed by atoms with Crippen LogP contribution in [0.25, 0.3) is 0 Å². The van der Waals surface area contributed by atoms with Gasteiger partial charge in [0.25, 0.3) is 0 Å². The van der Waals surface area contributed by atoms with E-state index in [1.54, 1.807) is 0 Å². The third-order valence-electron chi connectivity index (χ3n) is 3.13. The van der Waals surface area contributed by atoms with Gasteiger partial charge in [0, 0.05) is 6.04 Å². The van der Waals surface area contributed by atoms with E-state index in [4.69, 9.17) is 10.5 Å². The summed E-state index contributed by atoms with van der Waals surface area (Å²) in [5.41, 5.74) is 7.22. The predicted molar refractivity (Wildman–Crippen MR) is 73.9 cm³/mol. The van der Waals surface area contributed by atoms with Gasteiger partial charge in [-0.05, 0) is 49.3 Å². The first-order chi connectivity index (χ1) is 7.78. The van der Waals surface area contributed by atoms with Crippen LogP contribution in [0.3, 0.4) is 0 Å². The second-order valence-corrected chi connectivity index (χ2v) is 4.77. The van der Waals surface area contributed by atoms with Gasteiger partial charge in [0.1, 0.15) is 5.75 Å². The molecule has 96 valence electrons. The van der Waals surface area contributed by atoms with Crippen LogP contribution in [0, 0.1) is 5.92 Å². The lowest BCUT2D eigenvalue weighted by Crippen LogP contribution is -2.21. The molecule has 0 amide bonds. The first kappa shape index (κ1) is 14.3. The van der Waals surface area contributed by atoms with E-state index in [0.29, 0.717) is 0 Å². The lowest BCUT2D eigenvalue weighted by Gasteiger charge is -2.09. The third kappa shape index (κ3) is 4.97. The van der Waals surface area contributed by atoms with E-state index in [9.17, 15) is 0 Å². The molecule has 1 aromatic rings. The van der Waals surface area contributed by atoms with E-state index < -0.39 is 0 Å². The van der Waals surface area contributed by atoms with Crippen LogP contribution in [-0.4, -0.2) is 12.6 Å². The minimum absolute atomic E-state index is 0. The highest BCUT2D eigenvalue weighted by Crippen LogP contribution is 2.29. The van der Waals surface area contributed by atoms with Crippen molar-refractivity contribution >= 4 is 12.4 Å². The first-order valence-corrected chi connectivity index (χ1v) is 6.25. The molecule has 0 saturated heterocycles. The minimum Gasteiger partial charge on any atom is -0.493 e. The van der Waals surface area contributed by atoms with Gasteiger partial charge in [-0.25, -0.2) is 0 Å². The molecule has 2 rings (SSSR count). The van der Waals surface area contributed by atoms with Gasteiger partial charge >= 0.3 is 0 Å². The molecule has 1 atom stereocenters. The number of halogens is 1. The van der Waals surface area contributed by atoms with Crippen molar-refractivity contribution in [2.45, 2.75) is 38.6 Å². The summed E-state index contributed by atoms with van der Waals surface area (Å²) in [6.07, 6.45) is 4.66. The average Bonchev–Trinajstić information content (AvgIpc) is 3.12. The molecule has 3 heteroatoms. The SMILES string of the molecule is CCC(N)Cc1ccc(OCC2CC2)cc1.Cl. The molecule has 0 spiro atoms. The molecule has 2 nitrogen and oxygen atoms in total. The highest BCUT2D eigenvalue weighted by Gasteiger charge is 2.21. The quantitative estimate of drug-likeness (QED) is 0.847. The van der Waals surface area contributed by atoms with Crippen molar-refractivity contribution in [1.29, 1.82) is 0 Å². The van der Waals surface area contributed by atoms with Crippen molar-refractivity contribution in [2.24, 2.45) is 11.7 Å². The third-order valence-corrected chi connectivity index (χ3v) is 3.13. The van der Waals surface area contributed by atoms with E-state index in [2.05, 4.69) is 31.2 Å². The van der Waals surface area contributed by atoms with E-state index in [1.807, 2.05) is 0 Å². The molecule has 1 fully saturated rings. The Balaban J connectivity index is 0.00000144. The van der Waals surface area contributed by atoms with E-state index in [0.717, 1.165) is 31.1 Å². The fraction of sp³-hybridized carbons (Fsp3) is 0.571. The molecule has 1 aliphatic carbocycles. The average molecular weight is 256 g/mol. The minimum atomic E-state index is 0. The summed E-state index contributed by atoms with van der Waals surface area (Å²) in [6.45, 7) is 3.01. The molecule has 0 heterocycles. The molecule has 2 N–H and O–H groups in total. The van der Waals surface area contributed by atoms with Gasteiger partial charge in [-0.15, -0.1) is 12.4 Å². The Morgan fingerprint density at radius 1 is 1.29 bits per heavy atom. The van der Waals surface area contributed by atoms with Gasteiger partial charge in [0.05, 0.1) is 6.61 Å². The predicted octanol–water partition coefficient (Wildman–Crippen LogP) is 3.18. The van der Waals surface area contributed by atoms with E-state index >= 15 is 0 Å². The van der Waals surface area contributed by atoms with Crippen LogP contribution in [0.2, 0.25) is 0 Å². The molecule has 1 unspecified atom stereocenters. The summed E-state index contributed by atoms with van der Waals surface area (Å²) >= 11 is 0. The zero-order valence-corrected chi connectivity index (χ0v) is 11.2. The van der Waals surface area contributed by atoms with Gasteiger partial charge in [0.2, 0.25) is 0 Å². The molecule has 0 aromatic heterocycles. The molecular formula is C14H22ClNO. The van der Waals surface area contributed by atoms with E-state index in [1.165, 1.54) is 18.4 Å². The zero-order chi connectivity index (χ0) is 11.4. The van der Waals surface area contributed by atoms with Gasteiger partial charge < -0.3 is 10.5 Å². The smallest absolute Gasteiger partial charge is 0.119 e. The monoisotopic (exact) mass is 255 g/mol. The van der Waals surface area contributed by atoms with Crippen LogP contribution in [0.4, 0.5) is 0 Å². The largest absolute Gasteiger partial charge is 0.493 e. The Hall–Kier alpha value is -0.730. The van der Waals surface area contributed by atoms with Crippen molar-refractivity contribution in [2.75, 3.05) is 6.61 Å². The van der Waals surface area contributed by atoms with Gasteiger partial charge in [-0.2, -0.15) is 0 Å². The first-order valence-electron chi connectivity index (χ1n) is 6.25. The summed E-state index contributed by atoms with van der Waals surface area (Å²) in [7, 11) is 0. The highest BCUT2D eigenvalue weighted by atomic mass is 35.5. The maximum atomic E-state index is 5.92. The fourth-order valence-electron chi connectivity index (χ4n) is 1.67. The van der Waals surface area contributed by atoms with Crippen molar-refractivity contribution in [1.82, 2.24) is 0 Å². The lowest BCUT2D eigenvalue weighted by molar-refractivity contribution is 0.299. The second-order valence-electron chi connectivity index (χ2n) is 4.77. The van der Waals surface area contributed by atoms with Gasteiger partial charge in [0.15, 0.2) is 0 Å². The molecule has 0 aliphatic heterocycles. The maximum Gasteiger partial charge on any atom is 0.119 e. The number of hydrogen-bond acceptors (Lipinski definition) is 2. The molecule has 0 bridgehead atoms. The normalized spacial score (nSPS) is 16.1. The Bertz CT molecular complexity index is 321. The van der Waals surface area contributed by atoms with Crippen LogP contribution in [0.1, 0.15) is 31.7 Å². The highest BCUT2D eigenvalue weighted by molar-refractivity contribution is 5.85. The lowest BCUT2D eigenvalue weighted by atomic mass is 10.0. The van der Waals surface area contributed by atoms with Crippen LogP contribution >= 0.6 is 12.4 Å². The molecule has 0 radical (unpaired) electrons. The van der Waals surface area contributed by atoms with Crippen LogP contribution in [-0.2, 0) is 6.42 Å². The standard InChI is InChI=1S/C14H21NO.ClH/c1-2-13(15)9-11-5-7-14(8-6-11)16-10-12-3-4-12;/h5-8,12-13H,2-4,9-10,15H2,1H3;1H. The topological polar surface area (TPSA) is 35.2 Å². The molecule has 17 heavy (non-hydrogen) atoms. The summed E-state index contributed by atoms with van der Waals surface area (Å²) in [5.74, 6) is 1.80. The number of nitrogens with two attached hydrogens (primary N) is 1. The van der Waals surface area contributed by atoms with E-state index in [-0.39, 0.29) is 18.4 Å². The summed E-state index contributed by atoms with van der Waals surface area (Å²) in [4.78, 5) is 0.